The monoisotopic (exact) mass is 303 g/mol. The number of aryl methyl sites for hydroxylation is 1. The molecule has 2 aromatic rings. The number of halogens is 1. The number of carbonyl (C=O) groups is 2. The van der Waals surface area contributed by atoms with E-state index in [4.69, 9.17) is 9.84 Å². The van der Waals surface area contributed by atoms with Crippen molar-refractivity contribution in [2.75, 3.05) is 5.32 Å². The number of carboxylic acid groups (broad SMARTS) is 1. The molecule has 0 aliphatic carbocycles. The highest BCUT2D eigenvalue weighted by Crippen LogP contribution is 2.23. The lowest BCUT2D eigenvalue weighted by molar-refractivity contribution is 0.111. The van der Waals surface area contributed by atoms with Crippen LogP contribution in [0.1, 0.15) is 21.5 Å². The Kier molecular flexibility index (Phi) is 4.73. The number of ether oxygens (including phenoxy) is 1. The van der Waals surface area contributed by atoms with E-state index in [9.17, 15) is 14.0 Å². The SMILES string of the molecule is Cc1ccc(OCc2cccc(NC(=O)O)c2)c(F)c1C=O. The highest BCUT2D eigenvalue weighted by Gasteiger charge is 2.12. The van der Waals surface area contributed by atoms with Crippen molar-refractivity contribution in [1.29, 1.82) is 0 Å². The molecule has 0 radical (unpaired) electrons. The van der Waals surface area contributed by atoms with E-state index >= 15 is 0 Å². The van der Waals surface area contributed by atoms with E-state index in [0.717, 1.165) is 0 Å². The van der Waals surface area contributed by atoms with Gasteiger partial charge in [0, 0.05) is 5.69 Å². The molecule has 0 aromatic heterocycles. The molecule has 2 rings (SSSR count). The van der Waals surface area contributed by atoms with Crippen LogP contribution in [0.25, 0.3) is 0 Å². The summed E-state index contributed by atoms with van der Waals surface area (Å²) in [6.07, 6.45) is -0.715. The fraction of sp³-hybridized carbons (Fsp3) is 0.125. The van der Waals surface area contributed by atoms with Crippen LogP contribution in [0.3, 0.4) is 0 Å². The summed E-state index contributed by atoms with van der Waals surface area (Å²) in [4.78, 5) is 21.4. The van der Waals surface area contributed by atoms with Crippen molar-refractivity contribution in [3.05, 3.63) is 58.9 Å². The molecule has 0 fully saturated rings. The summed E-state index contributed by atoms with van der Waals surface area (Å²) >= 11 is 0. The van der Waals surface area contributed by atoms with Crippen molar-refractivity contribution >= 4 is 18.1 Å². The standard InChI is InChI=1S/C16H14FNO4/c1-10-5-6-14(15(17)13(10)8-19)22-9-11-3-2-4-12(7-11)18-16(20)21/h2-8,18H,9H2,1H3,(H,20,21). The van der Waals surface area contributed by atoms with Crippen LogP contribution < -0.4 is 10.1 Å². The van der Waals surface area contributed by atoms with Gasteiger partial charge >= 0.3 is 6.09 Å². The Hall–Kier alpha value is -2.89. The topological polar surface area (TPSA) is 75.6 Å². The molecule has 0 atom stereocenters. The second kappa shape index (κ2) is 6.71. The molecule has 0 saturated carbocycles. The van der Waals surface area contributed by atoms with Gasteiger partial charge in [0.25, 0.3) is 0 Å². The highest BCUT2D eigenvalue weighted by molar-refractivity contribution is 5.82. The van der Waals surface area contributed by atoms with Crippen LogP contribution in [0.5, 0.6) is 5.75 Å². The summed E-state index contributed by atoms with van der Waals surface area (Å²) in [6.45, 7) is 1.69. The molecule has 0 unspecified atom stereocenters. The second-order valence-electron chi connectivity index (χ2n) is 4.65. The van der Waals surface area contributed by atoms with Gasteiger partial charge in [-0.1, -0.05) is 18.2 Å². The molecule has 22 heavy (non-hydrogen) atoms. The van der Waals surface area contributed by atoms with Gasteiger partial charge in [0.15, 0.2) is 17.9 Å². The van der Waals surface area contributed by atoms with E-state index in [-0.39, 0.29) is 17.9 Å². The smallest absolute Gasteiger partial charge is 0.409 e. The average molecular weight is 303 g/mol. The van der Waals surface area contributed by atoms with E-state index in [1.165, 1.54) is 6.07 Å². The summed E-state index contributed by atoms with van der Waals surface area (Å²) in [7, 11) is 0. The first-order valence-corrected chi connectivity index (χ1v) is 6.47. The number of hydrogen-bond acceptors (Lipinski definition) is 3. The van der Waals surface area contributed by atoms with E-state index in [2.05, 4.69) is 5.32 Å². The minimum absolute atomic E-state index is 0.0238. The van der Waals surface area contributed by atoms with E-state index in [0.29, 0.717) is 23.1 Å². The third-order valence-corrected chi connectivity index (χ3v) is 3.05. The van der Waals surface area contributed by atoms with Gasteiger partial charge in [-0.05, 0) is 36.2 Å². The third-order valence-electron chi connectivity index (χ3n) is 3.05. The highest BCUT2D eigenvalue weighted by atomic mass is 19.1. The molecule has 0 aliphatic rings. The lowest BCUT2D eigenvalue weighted by Crippen LogP contribution is -2.07. The van der Waals surface area contributed by atoms with Crippen molar-refractivity contribution in [2.24, 2.45) is 0 Å². The van der Waals surface area contributed by atoms with Gasteiger partial charge in [0.05, 0.1) is 5.56 Å². The minimum Gasteiger partial charge on any atom is -0.486 e. The summed E-state index contributed by atoms with van der Waals surface area (Å²) in [6, 6.07) is 9.61. The third kappa shape index (κ3) is 3.60. The molecule has 2 aromatic carbocycles. The van der Waals surface area contributed by atoms with E-state index < -0.39 is 11.9 Å². The fourth-order valence-electron chi connectivity index (χ4n) is 1.95. The van der Waals surface area contributed by atoms with Crippen LogP contribution in [0.2, 0.25) is 0 Å². The zero-order chi connectivity index (χ0) is 16.1. The molecule has 2 N–H and O–H groups in total. The Labute approximate surface area is 126 Å². The molecule has 6 heteroatoms. The zero-order valence-corrected chi connectivity index (χ0v) is 11.8. The van der Waals surface area contributed by atoms with Gasteiger partial charge in [0.1, 0.15) is 6.61 Å². The van der Waals surface area contributed by atoms with Crippen molar-refractivity contribution in [3.63, 3.8) is 0 Å². The predicted octanol–water partition coefficient (Wildman–Crippen LogP) is 3.62. The second-order valence-corrected chi connectivity index (χ2v) is 4.65. The Balaban J connectivity index is 2.13. The number of nitrogens with one attached hydrogen (secondary N) is 1. The van der Waals surface area contributed by atoms with Gasteiger partial charge in [-0.25, -0.2) is 9.18 Å². The number of benzene rings is 2. The van der Waals surface area contributed by atoms with Crippen LogP contribution in [0, 0.1) is 12.7 Å². The van der Waals surface area contributed by atoms with Crippen LogP contribution in [-0.2, 0) is 6.61 Å². The molecule has 1 amide bonds. The Morgan fingerprint density at radius 3 is 2.82 bits per heavy atom. The maximum absolute atomic E-state index is 14.0. The van der Waals surface area contributed by atoms with Crippen molar-refractivity contribution in [2.45, 2.75) is 13.5 Å². The van der Waals surface area contributed by atoms with E-state index in [1.54, 1.807) is 37.3 Å². The first-order valence-electron chi connectivity index (χ1n) is 6.47. The Morgan fingerprint density at radius 2 is 2.14 bits per heavy atom. The number of aldehydes is 1. The van der Waals surface area contributed by atoms with Gasteiger partial charge in [0.2, 0.25) is 0 Å². The molecule has 0 heterocycles. The Bertz CT molecular complexity index is 715. The van der Waals surface area contributed by atoms with Gasteiger partial charge < -0.3 is 9.84 Å². The molecular weight excluding hydrogens is 289 g/mol. The Morgan fingerprint density at radius 1 is 1.36 bits per heavy atom. The van der Waals surface area contributed by atoms with Crippen molar-refractivity contribution < 1.29 is 23.8 Å². The van der Waals surface area contributed by atoms with E-state index in [1.807, 2.05) is 0 Å². The number of anilines is 1. The number of rotatable bonds is 5. The van der Waals surface area contributed by atoms with Gasteiger partial charge in [-0.2, -0.15) is 0 Å². The minimum atomic E-state index is -1.17. The lowest BCUT2D eigenvalue weighted by Gasteiger charge is -2.10. The molecule has 114 valence electrons. The molecule has 0 spiro atoms. The number of amides is 1. The summed E-state index contributed by atoms with van der Waals surface area (Å²) in [5, 5.41) is 10.9. The first kappa shape index (κ1) is 15.5. The fourth-order valence-corrected chi connectivity index (χ4v) is 1.95. The largest absolute Gasteiger partial charge is 0.486 e. The molecule has 0 aliphatic heterocycles. The molecule has 5 nitrogen and oxygen atoms in total. The van der Waals surface area contributed by atoms with Crippen molar-refractivity contribution in [3.8, 4) is 5.75 Å². The first-order chi connectivity index (χ1) is 10.5. The number of hydrogen-bond donors (Lipinski definition) is 2. The summed E-state index contributed by atoms with van der Waals surface area (Å²) in [5.41, 5.74) is 1.57. The molecule has 0 bridgehead atoms. The maximum Gasteiger partial charge on any atom is 0.409 e. The van der Waals surface area contributed by atoms with Crippen LogP contribution in [-0.4, -0.2) is 17.5 Å². The summed E-state index contributed by atoms with van der Waals surface area (Å²) < 4.78 is 19.4. The van der Waals surface area contributed by atoms with Crippen LogP contribution in [0.4, 0.5) is 14.9 Å². The van der Waals surface area contributed by atoms with Crippen LogP contribution in [0.15, 0.2) is 36.4 Å². The molecule has 0 saturated heterocycles. The average Bonchev–Trinajstić information content (AvgIpc) is 2.47. The zero-order valence-electron chi connectivity index (χ0n) is 11.8. The summed E-state index contributed by atoms with van der Waals surface area (Å²) in [5.74, 6) is -0.723. The predicted molar refractivity (Wildman–Crippen MR) is 78.9 cm³/mol. The maximum atomic E-state index is 14.0. The van der Waals surface area contributed by atoms with Gasteiger partial charge in [-0.15, -0.1) is 0 Å². The van der Waals surface area contributed by atoms with Crippen LogP contribution >= 0.6 is 0 Å². The van der Waals surface area contributed by atoms with Gasteiger partial charge in [-0.3, -0.25) is 10.1 Å². The number of carbonyl (C=O) groups excluding carboxylic acids is 1. The molecular formula is C16H14FNO4. The quantitative estimate of drug-likeness (QED) is 0.827. The normalized spacial score (nSPS) is 10.1. The lowest BCUT2D eigenvalue weighted by atomic mass is 10.1. The van der Waals surface area contributed by atoms with Crippen molar-refractivity contribution in [1.82, 2.24) is 0 Å².